The number of rotatable bonds is 6. The smallest absolute Gasteiger partial charge is 0.223 e. The first kappa shape index (κ1) is 17.0. The minimum atomic E-state index is -0.0568. The molecular weight excluding hydrogens is 272 g/mol. The molecule has 3 heteroatoms. The molecule has 0 aliphatic heterocycles. The molecule has 3 N–H and O–H groups in total. The second-order valence-electron chi connectivity index (χ2n) is 7.19. The van der Waals surface area contributed by atoms with E-state index in [0.717, 1.165) is 25.7 Å². The molecule has 0 radical (unpaired) electrons. The first-order chi connectivity index (χ1) is 10.5. The van der Waals surface area contributed by atoms with Crippen molar-refractivity contribution in [3.63, 3.8) is 0 Å². The van der Waals surface area contributed by atoms with E-state index in [9.17, 15) is 4.79 Å². The van der Waals surface area contributed by atoms with E-state index in [0.29, 0.717) is 19.0 Å². The van der Waals surface area contributed by atoms with Gasteiger partial charge in [-0.15, -0.1) is 0 Å². The summed E-state index contributed by atoms with van der Waals surface area (Å²) in [6.07, 6.45) is 4.26. The van der Waals surface area contributed by atoms with Gasteiger partial charge in [0.15, 0.2) is 0 Å². The lowest BCUT2D eigenvalue weighted by molar-refractivity contribution is -0.126. The third-order valence-electron chi connectivity index (χ3n) is 5.15. The highest BCUT2D eigenvalue weighted by atomic mass is 16.1. The lowest BCUT2D eigenvalue weighted by Crippen LogP contribution is -2.41. The average Bonchev–Trinajstić information content (AvgIpc) is 3.01. The van der Waals surface area contributed by atoms with Crippen LogP contribution in [0.25, 0.3) is 0 Å². The van der Waals surface area contributed by atoms with Crippen LogP contribution >= 0.6 is 0 Å². The third kappa shape index (κ3) is 3.89. The topological polar surface area (TPSA) is 55.1 Å². The fourth-order valence-corrected chi connectivity index (χ4v) is 3.40. The highest BCUT2D eigenvalue weighted by molar-refractivity contribution is 5.79. The van der Waals surface area contributed by atoms with Gasteiger partial charge in [0.25, 0.3) is 0 Å². The van der Waals surface area contributed by atoms with Gasteiger partial charge in [-0.25, -0.2) is 0 Å². The van der Waals surface area contributed by atoms with Gasteiger partial charge in [0, 0.05) is 17.9 Å². The molecule has 122 valence electrons. The fourth-order valence-electron chi connectivity index (χ4n) is 3.40. The van der Waals surface area contributed by atoms with E-state index in [-0.39, 0.29) is 17.2 Å². The Bertz CT molecular complexity index is 493. The number of aryl methyl sites for hydroxylation is 1. The van der Waals surface area contributed by atoms with Crippen LogP contribution in [0.4, 0.5) is 0 Å². The quantitative estimate of drug-likeness (QED) is 0.848. The van der Waals surface area contributed by atoms with Gasteiger partial charge in [0.2, 0.25) is 5.91 Å². The van der Waals surface area contributed by atoms with Crippen LogP contribution in [-0.4, -0.2) is 19.0 Å². The van der Waals surface area contributed by atoms with Crippen molar-refractivity contribution in [3.8, 4) is 0 Å². The Morgan fingerprint density at radius 3 is 2.55 bits per heavy atom. The van der Waals surface area contributed by atoms with E-state index >= 15 is 0 Å². The maximum atomic E-state index is 12.4. The Kier molecular flexibility index (Phi) is 5.63. The summed E-state index contributed by atoms with van der Waals surface area (Å²) in [6.45, 7) is 7.83. The molecule has 0 saturated heterocycles. The molecule has 1 aromatic carbocycles. The van der Waals surface area contributed by atoms with E-state index in [1.807, 2.05) is 0 Å². The zero-order valence-corrected chi connectivity index (χ0v) is 14.2. The molecule has 1 amide bonds. The number of hydrogen-bond donors (Lipinski definition) is 2. The van der Waals surface area contributed by atoms with Crippen LogP contribution < -0.4 is 11.1 Å². The maximum absolute atomic E-state index is 12.4. The number of carbonyl (C=O) groups excluding carboxylic acids is 1. The zero-order valence-electron chi connectivity index (χ0n) is 14.2. The van der Waals surface area contributed by atoms with E-state index in [4.69, 9.17) is 5.73 Å². The van der Waals surface area contributed by atoms with Crippen molar-refractivity contribution in [3.05, 3.63) is 35.4 Å². The lowest BCUT2D eigenvalue weighted by atomic mass is 9.83. The largest absolute Gasteiger partial charge is 0.355 e. The second kappa shape index (κ2) is 7.28. The summed E-state index contributed by atoms with van der Waals surface area (Å²) in [5, 5.41) is 3.16. The first-order valence-electron chi connectivity index (χ1n) is 8.55. The van der Waals surface area contributed by atoms with Crippen molar-refractivity contribution in [1.29, 1.82) is 0 Å². The summed E-state index contributed by atoms with van der Waals surface area (Å²) >= 11 is 0. The predicted octanol–water partition coefficient (Wildman–Crippen LogP) is 3.02. The standard InChI is InChI=1S/C19H30N2O/c1-4-14-8-10-16(11-9-14)19(2,3)13-21-18(22)17-7-5-6-15(17)12-20/h8-11,15,17H,4-7,12-13,20H2,1-3H3,(H,21,22)/t15-,17-/m1/s1. The molecule has 0 unspecified atom stereocenters. The monoisotopic (exact) mass is 302 g/mol. The molecule has 1 aliphatic carbocycles. The highest BCUT2D eigenvalue weighted by Gasteiger charge is 2.32. The molecule has 1 fully saturated rings. The Labute approximate surface area is 134 Å². The molecule has 22 heavy (non-hydrogen) atoms. The van der Waals surface area contributed by atoms with Gasteiger partial charge in [0.05, 0.1) is 0 Å². The molecule has 0 bridgehead atoms. The number of carbonyl (C=O) groups is 1. The maximum Gasteiger partial charge on any atom is 0.223 e. The second-order valence-corrected chi connectivity index (χ2v) is 7.19. The van der Waals surface area contributed by atoms with Crippen molar-refractivity contribution >= 4 is 5.91 Å². The van der Waals surface area contributed by atoms with Crippen molar-refractivity contribution in [1.82, 2.24) is 5.32 Å². The Morgan fingerprint density at radius 2 is 1.95 bits per heavy atom. The van der Waals surface area contributed by atoms with E-state index < -0.39 is 0 Å². The normalized spacial score (nSPS) is 21.8. The Balaban J connectivity index is 1.95. The van der Waals surface area contributed by atoms with Gasteiger partial charge in [-0.3, -0.25) is 4.79 Å². The molecule has 1 aliphatic rings. The number of nitrogens with one attached hydrogen (secondary N) is 1. The fraction of sp³-hybridized carbons (Fsp3) is 0.632. The van der Waals surface area contributed by atoms with Crippen LogP contribution in [0.3, 0.4) is 0 Å². The number of hydrogen-bond acceptors (Lipinski definition) is 2. The van der Waals surface area contributed by atoms with Crippen LogP contribution in [0.1, 0.15) is 51.2 Å². The lowest BCUT2D eigenvalue weighted by Gasteiger charge is -2.27. The van der Waals surface area contributed by atoms with E-state index in [1.54, 1.807) is 0 Å². The Hall–Kier alpha value is -1.35. The predicted molar refractivity (Wildman–Crippen MR) is 91.7 cm³/mol. The van der Waals surface area contributed by atoms with Crippen LogP contribution in [-0.2, 0) is 16.6 Å². The average molecular weight is 302 g/mol. The number of amides is 1. The summed E-state index contributed by atoms with van der Waals surface area (Å²) in [5.41, 5.74) is 8.34. The summed E-state index contributed by atoms with van der Waals surface area (Å²) in [6, 6.07) is 8.73. The van der Waals surface area contributed by atoms with E-state index in [1.165, 1.54) is 11.1 Å². The molecule has 0 aromatic heterocycles. The molecule has 1 aromatic rings. The van der Waals surface area contributed by atoms with Crippen LogP contribution in [0, 0.1) is 11.8 Å². The summed E-state index contributed by atoms with van der Waals surface area (Å²) in [5.74, 6) is 0.668. The molecule has 0 spiro atoms. The molecule has 2 atom stereocenters. The summed E-state index contributed by atoms with van der Waals surface area (Å²) in [4.78, 5) is 12.4. The number of benzene rings is 1. The van der Waals surface area contributed by atoms with Gasteiger partial charge in [-0.2, -0.15) is 0 Å². The zero-order chi connectivity index (χ0) is 16.2. The third-order valence-corrected chi connectivity index (χ3v) is 5.15. The van der Waals surface area contributed by atoms with Crippen molar-refractivity contribution < 1.29 is 4.79 Å². The highest BCUT2D eigenvalue weighted by Crippen LogP contribution is 2.31. The van der Waals surface area contributed by atoms with Crippen molar-refractivity contribution in [2.75, 3.05) is 13.1 Å². The molecule has 2 rings (SSSR count). The minimum absolute atomic E-state index is 0.0568. The van der Waals surface area contributed by atoms with Gasteiger partial charge in [-0.05, 0) is 42.9 Å². The van der Waals surface area contributed by atoms with Crippen molar-refractivity contribution in [2.24, 2.45) is 17.6 Å². The summed E-state index contributed by atoms with van der Waals surface area (Å²) < 4.78 is 0. The first-order valence-corrected chi connectivity index (χ1v) is 8.55. The van der Waals surface area contributed by atoms with Gasteiger partial charge < -0.3 is 11.1 Å². The minimum Gasteiger partial charge on any atom is -0.355 e. The van der Waals surface area contributed by atoms with Gasteiger partial charge in [-0.1, -0.05) is 51.5 Å². The summed E-state index contributed by atoms with van der Waals surface area (Å²) in [7, 11) is 0. The molecule has 0 heterocycles. The van der Waals surface area contributed by atoms with E-state index in [2.05, 4.69) is 50.4 Å². The van der Waals surface area contributed by atoms with Gasteiger partial charge in [0.1, 0.15) is 0 Å². The van der Waals surface area contributed by atoms with Crippen LogP contribution in [0.15, 0.2) is 24.3 Å². The van der Waals surface area contributed by atoms with Crippen LogP contribution in [0.2, 0.25) is 0 Å². The molecular formula is C19H30N2O. The van der Waals surface area contributed by atoms with Crippen LogP contribution in [0.5, 0.6) is 0 Å². The number of nitrogens with two attached hydrogens (primary N) is 1. The SMILES string of the molecule is CCc1ccc(C(C)(C)CNC(=O)[C@@H]2CCC[C@@H]2CN)cc1. The molecule has 1 saturated carbocycles. The Morgan fingerprint density at radius 1 is 1.27 bits per heavy atom. The molecule has 3 nitrogen and oxygen atoms in total. The van der Waals surface area contributed by atoms with Gasteiger partial charge >= 0.3 is 0 Å². The van der Waals surface area contributed by atoms with Crippen molar-refractivity contribution in [2.45, 2.75) is 51.9 Å².